The molecule has 5 atom stereocenters. The summed E-state index contributed by atoms with van der Waals surface area (Å²) in [5.74, 6) is 5.66. The molecule has 2 saturated heterocycles. The van der Waals surface area contributed by atoms with Gasteiger partial charge in [0.2, 0.25) is 0 Å². The third-order valence-electron chi connectivity index (χ3n) is 7.79. The van der Waals surface area contributed by atoms with Gasteiger partial charge in [0.15, 0.2) is 35.8 Å². The lowest BCUT2D eigenvalue weighted by Gasteiger charge is -2.53. The Bertz CT molecular complexity index is 788. The first-order chi connectivity index (χ1) is 15.3. The molecule has 2 aliphatic heterocycles. The Labute approximate surface area is 208 Å². The maximum Gasteiger partial charge on any atom is 0.303 e. The van der Waals surface area contributed by atoms with Crippen LogP contribution in [0.5, 0.6) is 0 Å². The Hall–Kier alpha value is -0.736. The second kappa shape index (κ2) is 10.3. The molecule has 0 amide bonds. The fraction of sp³-hybridized carbons (Fsp3) is 0.880. The van der Waals surface area contributed by atoms with Gasteiger partial charge in [0.05, 0.1) is 6.10 Å². The number of hydrogen-bond acceptors (Lipinski definition) is 7. The standard InChI is InChI=1S/C25H46O7Si2/c1-18(26)28-15-13-14-19-16-20(31-33(9,10)23(2,3)4)25(32-34(11,12)24(5,6)7)17-21(27-8)30-22(25)29-19/h19-22H,15-17H2,1-12H3/t19-,20+,21-,22-,25+/m1/s1. The van der Waals surface area contributed by atoms with E-state index < -0.39 is 40.9 Å². The number of rotatable bonds is 6. The van der Waals surface area contributed by atoms with E-state index in [4.69, 9.17) is 27.8 Å². The summed E-state index contributed by atoms with van der Waals surface area (Å²) in [4.78, 5) is 11.1. The zero-order valence-corrected chi connectivity index (χ0v) is 25.3. The maximum atomic E-state index is 11.1. The van der Waals surface area contributed by atoms with Crippen molar-refractivity contribution in [2.45, 2.75) is 128 Å². The van der Waals surface area contributed by atoms with E-state index in [1.165, 1.54) is 6.92 Å². The van der Waals surface area contributed by atoms with Crippen molar-refractivity contribution in [3.05, 3.63) is 0 Å². The molecule has 0 bridgehead atoms. The normalized spacial score (nSPS) is 30.4. The topological polar surface area (TPSA) is 72.5 Å². The van der Waals surface area contributed by atoms with E-state index in [9.17, 15) is 4.79 Å². The number of carbonyl (C=O) groups excluding carboxylic acids is 1. The van der Waals surface area contributed by atoms with Crippen LogP contribution in [0.4, 0.5) is 0 Å². The van der Waals surface area contributed by atoms with E-state index >= 15 is 0 Å². The Morgan fingerprint density at radius 2 is 1.62 bits per heavy atom. The van der Waals surface area contributed by atoms with Gasteiger partial charge in [0.1, 0.15) is 11.7 Å². The number of methoxy groups -OCH3 is 1. The van der Waals surface area contributed by atoms with Crippen LogP contribution in [-0.2, 0) is 32.6 Å². The molecular weight excluding hydrogens is 468 g/mol. The summed E-state index contributed by atoms with van der Waals surface area (Å²) in [5.41, 5.74) is -0.784. The summed E-state index contributed by atoms with van der Waals surface area (Å²) < 4.78 is 37.4. The van der Waals surface area contributed by atoms with E-state index in [2.05, 4.69) is 79.6 Å². The molecule has 2 fully saturated rings. The van der Waals surface area contributed by atoms with Crippen LogP contribution in [0.3, 0.4) is 0 Å². The minimum Gasteiger partial charge on any atom is -0.453 e. The van der Waals surface area contributed by atoms with Crippen LogP contribution in [0.1, 0.15) is 61.3 Å². The molecular formula is C25H46O7Si2. The van der Waals surface area contributed by atoms with Gasteiger partial charge in [-0.3, -0.25) is 4.79 Å². The molecule has 34 heavy (non-hydrogen) atoms. The Morgan fingerprint density at radius 3 is 2.12 bits per heavy atom. The average Bonchev–Trinajstić information content (AvgIpc) is 3.01. The molecule has 0 aliphatic carbocycles. The van der Waals surface area contributed by atoms with Crippen LogP contribution < -0.4 is 0 Å². The summed E-state index contributed by atoms with van der Waals surface area (Å²) in [6.07, 6.45) is -0.731. The molecule has 2 aliphatic rings. The van der Waals surface area contributed by atoms with Gasteiger partial charge in [-0.25, -0.2) is 0 Å². The Morgan fingerprint density at radius 1 is 1.03 bits per heavy atom. The molecule has 0 radical (unpaired) electrons. The number of carbonyl (C=O) groups is 1. The molecule has 2 heterocycles. The van der Waals surface area contributed by atoms with Crippen molar-refractivity contribution in [2.24, 2.45) is 0 Å². The predicted octanol–water partition coefficient (Wildman–Crippen LogP) is 5.21. The van der Waals surface area contributed by atoms with Crippen LogP contribution in [0.15, 0.2) is 0 Å². The lowest BCUT2D eigenvalue weighted by atomic mass is 9.87. The van der Waals surface area contributed by atoms with Crippen molar-refractivity contribution in [1.29, 1.82) is 0 Å². The molecule has 7 nitrogen and oxygen atoms in total. The highest BCUT2D eigenvalue weighted by Gasteiger charge is 2.63. The third-order valence-corrected chi connectivity index (χ3v) is 16.8. The highest BCUT2D eigenvalue weighted by atomic mass is 28.4. The van der Waals surface area contributed by atoms with E-state index in [0.29, 0.717) is 12.8 Å². The van der Waals surface area contributed by atoms with E-state index in [0.717, 1.165) is 0 Å². The maximum absolute atomic E-state index is 11.1. The second-order valence-corrected chi connectivity index (χ2v) is 22.0. The van der Waals surface area contributed by atoms with Gasteiger partial charge in [-0.1, -0.05) is 53.4 Å². The molecule has 2 rings (SSSR count). The number of esters is 1. The van der Waals surface area contributed by atoms with Gasteiger partial charge < -0.3 is 27.8 Å². The fourth-order valence-corrected chi connectivity index (χ4v) is 6.60. The Balaban J connectivity index is 2.49. The molecule has 0 aromatic carbocycles. The first kappa shape index (κ1) is 29.5. The van der Waals surface area contributed by atoms with Crippen molar-refractivity contribution in [2.75, 3.05) is 13.7 Å². The molecule has 0 saturated carbocycles. The molecule has 0 N–H and O–H groups in total. The lowest BCUT2D eigenvalue weighted by molar-refractivity contribution is -0.275. The van der Waals surface area contributed by atoms with Crippen LogP contribution in [0, 0.1) is 11.8 Å². The molecule has 9 heteroatoms. The Kier molecular flexibility index (Phi) is 8.96. The molecule has 0 aromatic heterocycles. The highest BCUT2D eigenvalue weighted by Crippen LogP contribution is 2.51. The van der Waals surface area contributed by atoms with Gasteiger partial charge >= 0.3 is 5.97 Å². The summed E-state index contributed by atoms with van der Waals surface area (Å²) in [6, 6.07) is 0. The number of fused-ring (bicyclic) bond motifs is 1. The second-order valence-electron chi connectivity index (χ2n) is 12.5. The minimum absolute atomic E-state index is 0.000332. The first-order valence-electron chi connectivity index (χ1n) is 12.2. The highest BCUT2D eigenvalue weighted by molar-refractivity contribution is 6.74. The van der Waals surface area contributed by atoms with E-state index in [1.807, 2.05) is 0 Å². The fourth-order valence-electron chi connectivity index (χ4n) is 3.68. The van der Waals surface area contributed by atoms with Crippen molar-refractivity contribution >= 4 is 22.6 Å². The van der Waals surface area contributed by atoms with Gasteiger partial charge in [-0.2, -0.15) is 0 Å². The number of ether oxygens (including phenoxy) is 4. The quantitative estimate of drug-likeness (QED) is 0.274. The molecule has 0 spiro atoms. The summed E-state index contributed by atoms with van der Waals surface area (Å²) in [5, 5.41) is 0.0231. The van der Waals surface area contributed by atoms with E-state index in [1.54, 1.807) is 7.11 Å². The summed E-state index contributed by atoms with van der Waals surface area (Å²) in [7, 11) is -2.76. The monoisotopic (exact) mass is 514 g/mol. The zero-order chi connectivity index (χ0) is 26.2. The van der Waals surface area contributed by atoms with Gasteiger partial charge in [0.25, 0.3) is 0 Å². The van der Waals surface area contributed by atoms with Crippen LogP contribution in [0.25, 0.3) is 0 Å². The third kappa shape index (κ3) is 6.52. The smallest absolute Gasteiger partial charge is 0.303 e. The SMILES string of the molecule is CO[C@H]1C[C@@]2(O[Si](C)(C)C(C)(C)C)[C@@H](O1)O[C@H](C#CCOC(C)=O)C[C@@H]2O[Si](C)(C)C(C)(C)C. The molecule has 196 valence electrons. The van der Waals surface area contributed by atoms with Crippen molar-refractivity contribution in [3.63, 3.8) is 0 Å². The average molecular weight is 515 g/mol. The van der Waals surface area contributed by atoms with Gasteiger partial charge in [-0.05, 0) is 36.3 Å². The number of hydrogen-bond donors (Lipinski definition) is 0. The largest absolute Gasteiger partial charge is 0.453 e. The van der Waals surface area contributed by atoms with E-state index in [-0.39, 0.29) is 28.8 Å². The van der Waals surface area contributed by atoms with Gasteiger partial charge in [0, 0.05) is 26.9 Å². The van der Waals surface area contributed by atoms with Gasteiger partial charge in [-0.15, -0.1) is 0 Å². The van der Waals surface area contributed by atoms with Crippen LogP contribution in [0.2, 0.25) is 36.3 Å². The zero-order valence-electron chi connectivity index (χ0n) is 23.3. The van der Waals surface area contributed by atoms with Crippen LogP contribution in [-0.4, -0.2) is 66.7 Å². The lowest BCUT2D eigenvalue weighted by Crippen LogP contribution is -2.66. The minimum atomic E-state index is -2.23. The van der Waals surface area contributed by atoms with Crippen LogP contribution >= 0.6 is 0 Å². The molecule has 0 aromatic rings. The summed E-state index contributed by atoms with van der Waals surface area (Å²) in [6.45, 7) is 23.8. The van der Waals surface area contributed by atoms with Crippen molar-refractivity contribution in [3.8, 4) is 11.8 Å². The molecule has 0 unspecified atom stereocenters. The first-order valence-corrected chi connectivity index (χ1v) is 18.0. The van der Waals surface area contributed by atoms with Crippen molar-refractivity contribution in [1.82, 2.24) is 0 Å². The summed E-state index contributed by atoms with van der Waals surface area (Å²) >= 11 is 0. The predicted molar refractivity (Wildman–Crippen MR) is 137 cm³/mol. The van der Waals surface area contributed by atoms with Crippen molar-refractivity contribution < 1.29 is 32.6 Å².